The molecule has 0 N–H and O–H groups in total. The zero-order valence-electron chi connectivity index (χ0n) is 48.3. The molecule has 12 heterocycles. The average molecular weight is 1390 g/mol. The van der Waals surface area contributed by atoms with Crippen LogP contribution < -0.4 is 94.0 Å². The van der Waals surface area contributed by atoms with Gasteiger partial charge < -0.3 is 62.5 Å². The first-order valence-corrected chi connectivity index (χ1v) is 28.5. The molecular weight excluding hydrogens is 1340 g/mol. The number of pyridine rings is 12. The van der Waals surface area contributed by atoms with Gasteiger partial charge in [0.25, 0.3) is 0 Å². The second kappa shape index (κ2) is 37.5. The van der Waals surface area contributed by atoms with Crippen molar-refractivity contribution in [2.45, 2.75) is 0 Å². The van der Waals surface area contributed by atoms with Crippen LogP contribution in [0.25, 0.3) is 66.8 Å². The van der Waals surface area contributed by atoms with Crippen molar-refractivity contribution in [3.8, 4) is 66.8 Å². The third-order valence-electron chi connectivity index (χ3n) is 11.6. The van der Waals surface area contributed by atoms with E-state index in [9.17, 15) is 62.5 Å². The van der Waals surface area contributed by atoms with Crippen molar-refractivity contribution < 1.29 is 132 Å². The number of halogens is 2. The smallest absolute Gasteiger partial charge is 0.619 e. The number of aromatic nitrogens is 12. The topological polar surface area (TPSA) is 508 Å². The van der Waals surface area contributed by atoms with Gasteiger partial charge in [0.2, 0.25) is 0 Å². The second-order valence-corrected chi connectivity index (χ2v) is 19.6. The van der Waals surface area contributed by atoms with Gasteiger partial charge in [0.05, 0.1) is 0 Å². The Labute approximate surface area is 552 Å². The Morgan fingerprint density at radius 3 is 0.221 bits per heavy atom. The van der Waals surface area contributed by atoms with Crippen molar-refractivity contribution in [3.05, 3.63) is 357 Å². The standard InChI is InChI=1S/6C10H8N2O2.2ClHO4.Cu/c6*13-11-5-1-9(2-6-11)10-3-7-12(14)8-4-10;2*2-1(3,4)5;/h6*1-8H;2*(H,2,3,4,5);/q;;;;;;;;+2/p-2. The van der Waals surface area contributed by atoms with Gasteiger partial charge in [-0.25, -0.2) is 37.3 Å². The summed E-state index contributed by atoms with van der Waals surface area (Å²) in [6.45, 7) is 0. The normalized spacial score (nSPS) is 10.1. The summed E-state index contributed by atoms with van der Waals surface area (Å²) in [7, 11) is -9.89. The summed E-state index contributed by atoms with van der Waals surface area (Å²) in [5.74, 6) is 0. The summed E-state index contributed by atoms with van der Waals surface area (Å²) in [6.07, 6.45) is 34.2. The summed E-state index contributed by atoms with van der Waals surface area (Å²) >= 11 is 0. The maximum absolute atomic E-state index is 10.8. The zero-order chi connectivity index (χ0) is 68.8. The third-order valence-corrected chi connectivity index (χ3v) is 11.6. The summed E-state index contributed by atoms with van der Waals surface area (Å²) in [6, 6.07) is 40.9. The van der Waals surface area contributed by atoms with Crippen LogP contribution in [0.15, 0.2) is 294 Å². The monoisotopic (exact) mass is 1390 g/mol. The van der Waals surface area contributed by atoms with E-state index < -0.39 is 20.5 Å². The molecule has 0 saturated carbocycles. The van der Waals surface area contributed by atoms with Crippen LogP contribution in [-0.2, 0) is 17.1 Å². The Balaban J connectivity index is 0.000000235. The van der Waals surface area contributed by atoms with E-state index in [0.29, 0.717) is 0 Å². The second-order valence-electron chi connectivity index (χ2n) is 18.1. The van der Waals surface area contributed by atoms with E-state index in [4.69, 9.17) is 37.3 Å². The molecule has 0 saturated heterocycles. The van der Waals surface area contributed by atoms with Gasteiger partial charge in [-0.2, -0.15) is 56.8 Å². The van der Waals surface area contributed by atoms with Gasteiger partial charge in [-0.15, -0.1) is 20.5 Å². The van der Waals surface area contributed by atoms with E-state index in [2.05, 4.69) is 0 Å². The van der Waals surface area contributed by atoms with Crippen molar-refractivity contribution in [2.24, 2.45) is 0 Å². The number of hydrogen-bond donors (Lipinski definition) is 0. The first-order chi connectivity index (χ1) is 44.5. The first-order valence-electron chi connectivity index (χ1n) is 26.1. The first kappa shape index (κ1) is 75.6. The Morgan fingerprint density at radius 2 is 0.179 bits per heavy atom. The minimum absolute atomic E-state index is 0. The summed E-state index contributed by atoms with van der Waals surface area (Å²) < 4.78 is 76.6. The van der Waals surface area contributed by atoms with Gasteiger partial charge in [-0.3, -0.25) is 0 Å². The maximum Gasteiger partial charge on any atom is 2.00 e. The van der Waals surface area contributed by atoms with Gasteiger partial charge in [-0.05, 0) is 66.8 Å². The molecule has 35 heteroatoms. The van der Waals surface area contributed by atoms with Crippen LogP contribution in [0.5, 0.6) is 0 Å². The Bertz CT molecular complexity index is 3180. The molecule has 1 radical (unpaired) electrons. The summed E-state index contributed by atoms with van der Waals surface area (Å²) in [5, 5.41) is 129. The van der Waals surface area contributed by atoms with Crippen LogP contribution in [0.1, 0.15) is 0 Å². The minimum atomic E-state index is -4.94. The quantitative estimate of drug-likeness (QED) is 0.0850. The van der Waals surface area contributed by atoms with E-state index in [0.717, 1.165) is 124 Å². The Kier molecular flexibility index (Phi) is 29.9. The fourth-order valence-corrected chi connectivity index (χ4v) is 7.26. The van der Waals surface area contributed by atoms with E-state index >= 15 is 0 Å². The van der Waals surface area contributed by atoms with Crippen LogP contribution in [-0.4, -0.2) is 0 Å². The Hall–Kier alpha value is -11.8. The molecule has 0 aliphatic carbocycles. The van der Waals surface area contributed by atoms with Crippen molar-refractivity contribution in [1.82, 2.24) is 0 Å². The predicted octanol–water partition coefficient (Wildman–Crippen LogP) is -5.79. The summed E-state index contributed by atoms with van der Waals surface area (Å²) in [4.78, 5) is 0. The van der Waals surface area contributed by atoms with E-state index in [-0.39, 0.29) is 17.1 Å². The molecule has 0 aliphatic heterocycles. The fourth-order valence-electron chi connectivity index (χ4n) is 7.26. The van der Waals surface area contributed by atoms with E-state index in [1.54, 1.807) is 146 Å². The summed E-state index contributed by atoms with van der Waals surface area (Å²) in [5.41, 5.74) is 11.0. The average Bonchev–Trinajstić information content (AvgIpc) is 1.50. The molecule has 0 aromatic carbocycles. The van der Waals surface area contributed by atoms with Crippen LogP contribution in [0.3, 0.4) is 0 Å². The molecule has 95 heavy (non-hydrogen) atoms. The van der Waals surface area contributed by atoms with Crippen molar-refractivity contribution in [3.63, 3.8) is 0 Å². The molecule has 0 amide bonds. The molecule has 0 bridgehead atoms. The SMILES string of the molecule is [Cu+2].[O-][Cl+3]([O-])([O-])[O-].[O-][Cl+3]([O-])([O-])[O-].[O-][n+]1ccc(-c2cc[n+]([O-])cc2)cc1.[O-][n+]1ccc(-c2cc[n+]([O-])cc2)cc1.[O-][n+]1ccc(-c2cc[n+]([O-])cc2)cc1.[O-][n+]1ccc(-c2cc[n+]([O-])cc2)cc1.[O-][n+]1ccc(-c2cc[n+]([O-])cc2)cc1.[O-][n+]1ccc(-c2cc[n+]([O-])cc2)cc1. The zero-order valence-corrected chi connectivity index (χ0v) is 50.8. The number of hydrogen-bond acceptors (Lipinski definition) is 20. The number of nitrogens with zero attached hydrogens (tertiary/aromatic N) is 12. The van der Waals surface area contributed by atoms with Gasteiger partial charge >= 0.3 is 17.1 Å². The molecule has 0 atom stereocenters. The Morgan fingerprint density at radius 1 is 0.137 bits per heavy atom. The molecule has 12 aromatic heterocycles. The predicted molar refractivity (Wildman–Crippen MR) is 299 cm³/mol. The van der Waals surface area contributed by atoms with Crippen LogP contribution >= 0.6 is 0 Å². The van der Waals surface area contributed by atoms with Crippen molar-refractivity contribution in [2.75, 3.05) is 0 Å². The fraction of sp³-hybridized carbons (Fsp3) is 0. The van der Waals surface area contributed by atoms with Crippen molar-refractivity contribution in [1.29, 1.82) is 0 Å². The molecule has 12 rings (SSSR count). The van der Waals surface area contributed by atoms with Crippen LogP contribution in [0, 0.1) is 83.0 Å². The van der Waals surface area contributed by atoms with E-state index in [1.165, 1.54) is 149 Å². The molecule has 493 valence electrons. The van der Waals surface area contributed by atoms with Gasteiger partial charge in [-0.1, -0.05) is 0 Å². The molecular formula is C60H48Cl2CuN12O20. The molecule has 32 nitrogen and oxygen atoms in total. The van der Waals surface area contributed by atoms with Crippen LogP contribution in [0.4, 0.5) is 0 Å². The third kappa shape index (κ3) is 30.2. The largest absolute Gasteiger partial charge is 2.00 e. The van der Waals surface area contributed by atoms with Crippen LogP contribution in [0.2, 0.25) is 0 Å². The van der Waals surface area contributed by atoms with Gasteiger partial charge in [0.15, 0.2) is 149 Å². The minimum Gasteiger partial charge on any atom is -0.619 e. The van der Waals surface area contributed by atoms with Gasteiger partial charge in [0.1, 0.15) is 0 Å². The maximum atomic E-state index is 10.8. The van der Waals surface area contributed by atoms with E-state index in [1.807, 2.05) is 0 Å². The molecule has 12 aromatic rings. The number of rotatable bonds is 6. The molecule has 0 spiro atoms. The van der Waals surface area contributed by atoms with Gasteiger partial charge in [0, 0.05) is 146 Å². The molecule has 0 unspecified atom stereocenters. The van der Waals surface area contributed by atoms with Crippen molar-refractivity contribution >= 4 is 0 Å². The molecule has 0 aliphatic rings. The molecule has 0 fully saturated rings.